The normalized spacial score (nSPS) is 11.4. The number of hydrogen-bond acceptors (Lipinski definition) is 4. The van der Waals surface area contributed by atoms with Gasteiger partial charge in [-0.3, -0.25) is 9.59 Å². The first-order valence-electron chi connectivity index (χ1n) is 5.90. The Morgan fingerprint density at radius 2 is 1.53 bits per heavy atom. The monoisotopic (exact) mass is 240 g/mol. The number of carbonyl (C=O) groups excluding carboxylic acids is 2. The van der Waals surface area contributed by atoms with E-state index in [0.29, 0.717) is 6.42 Å². The zero-order chi connectivity index (χ0) is 13.3. The molecule has 0 aromatic carbocycles. The number of carbonyl (C=O) groups is 2. The van der Waals surface area contributed by atoms with Crippen LogP contribution in [-0.4, -0.2) is 25.2 Å². The largest absolute Gasteiger partial charge is 0.465 e. The van der Waals surface area contributed by atoms with E-state index in [9.17, 15) is 9.59 Å². The molecule has 0 aromatic heterocycles. The Bertz CT molecular complexity index is 293. The van der Waals surface area contributed by atoms with Crippen LogP contribution in [0.1, 0.15) is 34.1 Å². The second kappa shape index (κ2) is 8.63. The Labute approximate surface area is 103 Å². The fourth-order valence-electron chi connectivity index (χ4n) is 1.31. The van der Waals surface area contributed by atoms with Crippen molar-refractivity contribution in [1.29, 1.82) is 0 Å². The van der Waals surface area contributed by atoms with Crippen molar-refractivity contribution in [2.45, 2.75) is 34.1 Å². The van der Waals surface area contributed by atoms with Gasteiger partial charge in [0, 0.05) is 12.3 Å². The Morgan fingerprint density at radius 1 is 1.06 bits per heavy atom. The number of ether oxygens (including phenoxy) is 2. The summed E-state index contributed by atoms with van der Waals surface area (Å²) in [5.74, 6) is 3.24. The third-order valence-corrected chi connectivity index (χ3v) is 2.09. The van der Waals surface area contributed by atoms with Crippen LogP contribution in [0.2, 0.25) is 0 Å². The van der Waals surface area contributed by atoms with Crippen LogP contribution < -0.4 is 0 Å². The summed E-state index contributed by atoms with van der Waals surface area (Å²) in [6, 6.07) is 0. The smallest absolute Gasteiger partial charge is 0.321 e. The van der Waals surface area contributed by atoms with Gasteiger partial charge in [-0.25, -0.2) is 0 Å². The van der Waals surface area contributed by atoms with E-state index in [-0.39, 0.29) is 13.2 Å². The zero-order valence-electron chi connectivity index (χ0n) is 10.9. The van der Waals surface area contributed by atoms with Crippen molar-refractivity contribution in [3.63, 3.8) is 0 Å². The highest BCUT2D eigenvalue weighted by Gasteiger charge is 2.34. The summed E-state index contributed by atoms with van der Waals surface area (Å²) >= 11 is 0. The van der Waals surface area contributed by atoms with Crippen LogP contribution in [0.15, 0.2) is 0 Å². The minimum absolute atomic E-state index is 0.239. The summed E-state index contributed by atoms with van der Waals surface area (Å²) in [6.07, 6.45) is 0.683. The predicted octanol–water partition coefficient (Wildman–Crippen LogP) is 1.78. The lowest BCUT2D eigenvalue weighted by Gasteiger charge is -2.16. The molecule has 0 aromatic rings. The summed E-state index contributed by atoms with van der Waals surface area (Å²) < 4.78 is 9.73. The average Bonchev–Trinajstić information content (AvgIpc) is 2.27. The molecule has 0 aliphatic heterocycles. The molecule has 0 bridgehead atoms. The second-order valence-electron chi connectivity index (χ2n) is 3.45. The molecule has 96 valence electrons. The van der Waals surface area contributed by atoms with Gasteiger partial charge in [0.25, 0.3) is 0 Å². The molecule has 0 fully saturated rings. The lowest BCUT2D eigenvalue weighted by molar-refractivity contribution is -0.163. The number of esters is 2. The van der Waals surface area contributed by atoms with Crippen molar-refractivity contribution in [1.82, 2.24) is 0 Å². The number of hydrogen-bond donors (Lipinski definition) is 0. The van der Waals surface area contributed by atoms with E-state index >= 15 is 0 Å². The van der Waals surface area contributed by atoms with Gasteiger partial charge in [-0.2, -0.15) is 0 Å². The highest BCUT2D eigenvalue weighted by atomic mass is 16.6. The Morgan fingerprint density at radius 3 is 1.88 bits per heavy atom. The molecule has 0 heterocycles. The summed E-state index contributed by atoms with van der Waals surface area (Å²) in [5, 5.41) is 0. The zero-order valence-corrected chi connectivity index (χ0v) is 10.9. The lowest BCUT2D eigenvalue weighted by Crippen LogP contribution is -2.32. The maximum atomic E-state index is 11.7. The molecular formula is C13H20O4. The molecule has 17 heavy (non-hydrogen) atoms. The SMILES string of the molecule is CCC#CC(C)C(C(=O)OCC)C(=O)OCC. The average molecular weight is 240 g/mol. The van der Waals surface area contributed by atoms with Crippen molar-refractivity contribution in [2.75, 3.05) is 13.2 Å². The molecule has 1 unspecified atom stereocenters. The van der Waals surface area contributed by atoms with Crippen molar-refractivity contribution in [3.05, 3.63) is 0 Å². The van der Waals surface area contributed by atoms with Crippen LogP contribution in [0.5, 0.6) is 0 Å². The van der Waals surface area contributed by atoms with E-state index in [0.717, 1.165) is 0 Å². The van der Waals surface area contributed by atoms with Gasteiger partial charge >= 0.3 is 11.9 Å². The first kappa shape index (κ1) is 15.5. The Balaban J connectivity index is 4.83. The maximum absolute atomic E-state index is 11.7. The standard InChI is InChI=1S/C13H20O4/c1-5-8-9-10(4)11(12(14)16-6-2)13(15)17-7-3/h10-11H,5-7H2,1-4H3. The molecular weight excluding hydrogens is 220 g/mol. The van der Waals surface area contributed by atoms with Gasteiger partial charge in [-0.15, -0.1) is 5.92 Å². The maximum Gasteiger partial charge on any atom is 0.321 e. The van der Waals surface area contributed by atoms with Gasteiger partial charge in [-0.05, 0) is 20.8 Å². The minimum Gasteiger partial charge on any atom is -0.465 e. The Kier molecular flexibility index (Phi) is 7.87. The van der Waals surface area contributed by atoms with Crippen LogP contribution in [0.3, 0.4) is 0 Å². The van der Waals surface area contributed by atoms with Gasteiger partial charge in [0.15, 0.2) is 5.92 Å². The van der Waals surface area contributed by atoms with Crippen LogP contribution in [-0.2, 0) is 19.1 Å². The molecule has 0 aliphatic carbocycles. The fourth-order valence-corrected chi connectivity index (χ4v) is 1.31. The van der Waals surface area contributed by atoms with E-state index in [1.54, 1.807) is 20.8 Å². The molecule has 0 saturated heterocycles. The Hall–Kier alpha value is -1.50. The van der Waals surface area contributed by atoms with Gasteiger partial charge in [0.05, 0.1) is 13.2 Å². The van der Waals surface area contributed by atoms with Crippen LogP contribution in [0.25, 0.3) is 0 Å². The van der Waals surface area contributed by atoms with E-state index in [4.69, 9.17) is 9.47 Å². The summed E-state index contributed by atoms with van der Waals surface area (Å²) in [6.45, 7) is 7.50. The first-order chi connectivity index (χ1) is 8.08. The molecule has 0 radical (unpaired) electrons. The molecule has 0 saturated carbocycles. The van der Waals surface area contributed by atoms with Crippen molar-refractivity contribution in [3.8, 4) is 11.8 Å². The van der Waals surface area contributed by atoms with Crippen LogP contribution in [0, 0.1) is 23.7 Å². The quantitative estimate of drug-likeness (QED) is 0.417. The van der Waals surface area contributed by atoms with E-state index in [2.05, 4.69) is 11.8 Å². The third kappa shape index (κ3) is 5.39. The van der Waals surface area contributed by atoms with Crippen LogP contribution in [0.4, 0.5) is 0 Å². The van der Waals surface area contributed by atoms with Crippen molar-refractivity contribution < 1.29 is 19.1 Å². The molecule has 0 spiro atoms. The topological polar surface area (TPSA) is 52.6 Å². The minimum atomic E-state index is -0.950. The molecule has 0 rings (SSSR count). The van der Waals surface area contributed by atoms with E-state index in [1.807, 2.05) is 6.92 Å². The molecule has 0 amide bonds. The molecule has 4 nitrogen and oxygen atoms in total. The predicted molar refractivity (Wildman–Crippen MR) is 64.0 cm³/mol. The number of rotatable bonds is 5. The van der Waals surface area contributed by atoms with Gasteiger partial charge in [0.1, 0.15) is 0 Å². The lowest BCUT2D eigenvalue weighted by atomic mass is 9.94. The summed E-state index contributed by atoms with van der Waals surface area (Å²) in [4.78, 5) is 23.3. The van der Waals surface area contributed by atoms with Crippen LogP contribution >= 0.6 is 0 Å². The van der Waals surface area contributed by atoms with E-state index < -0.39 is 23.8 Å². The fraction of sp³-hybridized carbons (Fsp3) is 0.692. The highest BCUT2D eigenvalue weighted by Crippen LogP contribution is 2.15. The van der Waals surface area contributed by atoms with Gasteiger partial charge in [-0.1, -0.05) is 12.8 Å². The highest BCUT2D eigenvalue weighted by molar-refractivity contribution is 5.95. The van der Waals surface area contributed by atoms with Crippen molar-refractivity contribution in [2.24, 2.45) is 11.8 Å². The van der Waals surface area contributed by atoms with Crippen molar-refractivity contribution >= 4 is 11.9 Å². The third-order valence-electron chi connectivity index (χ3n) is 2.09. The summed E-state index contributed by atoms with van der Waals surface area (Å²) in [7, 11) is 0. The molecule has 0 N–H and O–H groups in total. The first-order valence-corrected chi connectivity index (χ1v) is 5.90. The van der Waals surface area contributed by atoms with Gasteiger partial charge < -0.3 is 9.47 Å². The summed E-state index contributed by atoms with van der Waals surface area (Å²) in [5.41, 5.74) is 0. The molecule has 0 aliphatic rings. The second-order valence-corrected chi connectivity index (χ2v) is 3.45. The molecule has 4 heteroatoms. The molecule has 1 atom stereocenters. The van der Waals surface area contributed by atoms with E-state index in [1.165, 1.54) is 0 Å². The van der Waals surface area contributed by atoms with Gasteiger partial charge in [0.2, 0.25) is 0 Å².